The highest BCUT2D eigenvalue weighted by Crippen LogP contribution is 2.27. The van der Waals surface area contributed by atoms with Crippen molar-refractivity contribution in [3.63, 3.8) is 0 Å². The summed E-state index contributed by atoms with van der Waals surface area (Å²) in [6, 6.07) is 2.99. The first-order chi connectivity index (χ1) is 7.09. The number of carboxylic acid groups (broad SMARTS) is 1. The zero-order chi connectivity index (χ0) is 11.0. The summed E-state index contributed by atoms with van der Waals surface area (Å²) in [6.07, 6.45) is 3.40. The first-order valence-corrected chi connectivity index (χ1v) is 4.60. The van der Waals surface area contributed by atoms with Crippen molar-refractivity contribution in [1.82, 2.24) is 0 Å². The van der Waals surface area contributed by atoms with Gasteiger partial charge in [0.2, 0.25) is 0 Å². The third kappa shape index (κ3) is 1.58. The zero-order valence-corrected chi connectivity index (χ0v) is 8.12. The van der Waals surface area contributed by atoms with Gasteiger partial charge < -0.3 is 10.4 Å². The normalized spacial score (nSPS) is 18.1. The maximum absolute atomic E-state index is 13.7. The summed E-state index contributed by atoms with van der Waals surface area (Å²) < 4.78 is 13.7. The highest BCUT2D eigenvalue weighted by atomic mass is 19.1. The third-order valence-electron chi connectivity index (χ3n) is 2.34. The van der Waals surface area contributed by atoms with Gasteiger partial charge >= 0.3 is 5.97 Å². The maximum atomic E-state index is 13.7. The molecule has 1 heterocycles. The van der Waals surface area contributed by atoms with E-state index in [1.807, 2.05) is 6.92 Å². The molecule has 0 saturated heterocycles. The van der Waals surface area contributed by atoms with Crippen LogP contribution in [0.4, 0.5) is 10.1 Å². The summed E-state index contributed by atoms with van der Waals surface area (Å²) in [7, 11) is 0. The largest absolute Gasteiger partial charge is 0.478 e. The second kappa shape index (κ2) is 3.38. The molecule has 1 aromatic rings. The van der Waals surface area contributed by atoms with Gasteiger partial charge in [-0.1, -0.05) is 12.2 Å². The van der Waals surface area contributed by atoms with Crippen LogP contribution in [0.25, 0.3) is 6.08 Å². The number of nitrogens with one attached hydrogen (secondary N) is 1. The molecule has 2 rings (SSSR count). The Labute approximate surface area is 86.2 Å². The first-order valence-electron chi connectivity index (χ1n) is 4.60. The topological polar surface area (TPSA) is 49.3 Å². The van der Waals surface area contributed by atoms with E-state index in [0.29, 0.717) is 11.3 Å². The second-order valence-corrected chi connectivity index (χ2v) is 3.49. The Morgan fingerprint density at radius 3 is 2.93 bits per heavy atom. The van der Waals surface area contributed by atoms with Crippen molar-refractivity contribution in [2.24, 2.45) is 0 Å². The van der Waals surface area contributed by atoms with E-state index in [0.717, 1.165) is 0 Å². The lowest BCUT2D eigenvalue weighted by Crippen LogP contribution is -2.17. The molecular weight excluding hydrogens is 197 g/mol. The number of hydrogen-bond donors (Lipinski definition) is 2. The van der Waals surface area contributed by atoms with Crippen LogP contribution in [0.15, 0.2) is 18.2 Å². The summed E-state index contributed by atoms with van der Waals surface area (Å²) in [6.45, 7) is 1.93. The average Bonchev–Trinajstić information content (AvgIpc) is 2.17. The van der Waals surface area contributed by atoms with E-state index in [4.69, 9.17) is 5.11 Å². The summed E-state index contributed by atoms with van der Waals surface area (Å²) >= 11 is 0. The van der Waals surface area contributed by atoms with Crippen molar-refractivity contribution in [2.45, 2.75) is 13.0 Å². The SMILES string of the molecule is CC1C=Cc2c(ccc(C(=O)O)c2F)N1. The second-order valence-electron chi connectivity index (χ2n) is 3.49. The van der Waals surface area contributed by atoms with Crippen LogP contribution in [0.5, 0.6) is 0 Å². The third-order valence-corrected chi connectivity index (χ3v) is 2.34. The molecule has 3 nitrogen and oxygen atoms in total. The standard InChI is InChI=1S/C11H10FNO2/c1-6-2-3-7-9(13-6)5-4-8(10(7)12)11(14)15/h2-6,13H,1H3,(H,14,15). The van der Waals surface area contributed by atoms with Gasteiger partial charge in [0.25, 0.3) is 0 Å². The number of anilines is 1. The van der Waals surface area contributed by atoms with Gasteiger partial charge in [0.05, 0.1) is 5.56 Å². The molecule has 0 aromatic heterocycles. The number of aromatic carboxylic acids is 1. The Morgan fingerprint density at radius 2 is 2.27 bits per heavy atom. The van der Waals surface area contributed by atoms with Gasteiger partial charge in [0, 0.05) is 17.3 Å². The predicted molar refractivity (Wildman–Crippen MR) is 55.5 cm³/mol. The molecule has 0 amide bonds. The van der Waals surface area contributed by atoms with E-state index in [1.54, 1.807) is 18.2 Å². The number of rotatable bonds is 1. The van der Waals surface area contributed by atoms with E-state index in [2.05, 4.69) is 5.32 Å². The van der Waals surface area contributed by atoms with Crippen molar-refractivity contribution in [1.29, 1.82) is 0 Å². The molecule has 0 bridgehead atoms. The smallest absolute Gasteiger partial charge is 0.338 e. The van der Waals surface area contributed by atoms with Gasteiger partial charge in [0.15, 0.2) is 0 Å². The molecule has 0 radical (unpaired) electrons. The molecule has 78 valence electrons. The minimum absolute atomic E-state index is 0.132. The van der Waals surface area contributed by atoms with Crippen molar-refractivity contribution < 1.29 is 14.3 Å². The van der Waals surface area contributed by atoms with Crippen LogP contribution < -0.4 is 5.32 Å². The van der Waals surface area contributed by atoms with Gasteiger partial charge in [-0.05, 0) is 19.1 Å². The Morgan fingerprint density at radius 1 is 1.53 bits per heavy atom. The molecule has 15 heavy (non-hydrogen) atoms. The minimum Gasteiger partial charge on any atom is -0.478 e. The van der Waals surface area contributed by atoms with Crippen molar-refractivity contribution >= 4 is 17.7 Å². The lowest BCUT2D eigenvalue weighted by molar-refractivity contribution is 0.0692. The lowest BCUT2D eigenvalue weighted by Gasteiger charge is -2.19. The van der Waals surface area contributed by atoms with E-state index >= 15 is 0 Å². The lowest BCUT2D eigenvalue weighted by atomic mass is 10.0. The number of halogens is 1. The van der Waals surface area contributed by atoms with E-state index in [-0.39, 0.29) is 11.6 Å². The molecule has 0 spiro atoms. The summed E-state index contributed by atoms with van der Waals surface area (Å²) in [5, 5.41) is 11.8. The Bertz CT molecular complexity index is 454. The van der Waals surface area contributed by atoms with Crippen LogP contribution in [-0.4, -0.2) is 17.1 Å². The maximum Gasteiger partial charge on any atom is 0.338 e. The summed E-state index contributed by atoms with van der Waals surface area (Å²) in [4.78, 5) is 10.7. The van der Waals surface area contributed by atoms with Crippen LogP contribution in [0, 0.1) is 5.82 Å². The Balaban J connectivity index is 2.57. The molecular formula is C11H10FNO2. The molecule has 1 aliphatic heterocycles. The fourth-order valence-corrected chi connectivity index (χ4v) is 1.58. The van der Waals surface area contributed by atoms with Crippen molar-refractivity contribution in [2.75, 3.05) is 5.32 Å². The van der Waals surface area contributed by atoms with Crippen molar-refractivity contribution in [3.05, 3.63) is 35.2 Å². The number of carbonyl (C=O) groups is 1. The Kier molecular flexibility index (Phi) is 2.19. The number of carboxylic acids is 1. The van der Waals surface area contributed by atoms with Crippen LogP contribution in [0.1, 0.15) is 22.8 Å². The van der Waals surface area contributed by atoms with Gasteiger partial charge in [0.1, 0.15) is 5.82 Å². The molecule has 0 aliphatic carbocycles. The van der Waals surface area contributed by atoms with Gasteiger partial charge in [-0.25, -0.2) is 9.18 Å². The number of fused-ring (bicyclic) bond motifs is 1. The van der Waals surface area contributed by atoms with Crippen LogP contribution in [0.3, 0.4) is 0 Å². The minimum atomic E-state index is -1.25. The summed E-state index contributed by atoms with van der Waals surface area (Å²) in [5.74, 6) is -1.93. The number of benzene rings is 1. The molecule has 2 N–H and O–H groups in total. The predicted octanol–water partition coefficient (Wildman–Crippen LogP) is 2.35. The molecule has 0 saturated carbocycles. The molecule has 0 fully saturated rings. The van der Waals surface area contributed by atoms with Crippen molar-refractivity contribution in [3.8, 4) is 0 Å². The molecule has 1 aromatic carbocycles. The molecule has 4 heteroatoms. The quantitative estimate of drug-likeness (QED) is 0.743. The summed E-state index contributed by atoms with van der Waals surface area (Å²) in [5.41, 5.74) is 0.648. The van der Waals surface area contributed by atoms with Crippen LogP contribution >= 0.6 is 0 Å². The highest BCUT2D eigenvalue weighted by Gasteiger charge is 2.18. The first kappa shape index (κ1) is 9.71. The van der Waals surface area contributed by atoms with Gasteiger partial charge in [-0.15, -0.1) is 0 Å². The van der Waals surface area contributed by atoms with E-state index in [9.17, 15) is 9.18 Å². The van der Waals surface area contributed by atoms with Crippen LogP contribution in [-0.2, 0) is 0 Å². The van der Waals surface area contributed by atoms with E-state index < -0.39 is 11.8 Å². The van der Waals surface area contributed by atoms with Gasteiger partial charge in [-0.2, -0.15) is 0 Å². The average molecular weight is 207 g/mol. The fraction of sp³-hybridized carbons (Fsp3) is 0.182. The number of hydrogen-bond acceptors (Lipinski definition) is 2. The van der Waals surface area contributed by atoms with E-state index in [1.165, 1.54) is 6.07 Å². The monoisotopic (exact) mass is 207 g/mol. The zero-order valence-electron chi connectivity index (χ0n) is 8.12. The molecule has 1 unspecified atom stereocenters. The van der Waals surface area contributed by atoms with Gasteiger partial charge in [-0.3, -0.25) is 0 Å². The molecule has 1 aliphatic rings. The fourth-order valence-electron chi connectivity index (χ4n) is 1.58. The molecule has 1 atom stereocenters. The highest BCUT2D eigenvalue weighted by molar-refractivity contribution is 5.90. The Hall–Kier alpha value is -1.84. The van der Waals surface area contributed by atoms with Crippen LogP contribution in [0.2, 0.25) is 0 Å².